The van der Waals surface area contributed by atoms with Crippen molar-refractivity contribution in [2.75, 3.05) is 24.3 Å². The molecule has 3 N–H and O–H groups in total. The molecule has 4 rings (SSSR count). The van der Waals surface area contributed by atoms with Gasteiger partial charge in [-0.3, -0.25) is 14.6 Å². The zero-order chi connectivity index (χ0) is 25.0. The van der Waals surface area contributed by atoms with E-state index in [-0.39, 0.29) is 28.3 Å². The first kappa shape index (κ1) is 23.7. The summed E-state index contributed by atoms with van der Waals surface area (Å²) in [7, 11) is -1.23. The Labute approximate surface area is 201 Å². The average molecular weight is 495 g/mol. The smallest absolute Gasteiger partial charge is 0.321 e. The molecule has 1 amide bonds. The molecule has 0 saturated carbocycles. The number of nitrogens with one attached hydrogen (secondary N) is 3. The van der Waals surface area contributed by atoms with Crippen LogP contribution in [-0.4, -0.2) is 48.7 Å². The van der Waals surface area contributed by atoms with Crippen molar-refractivity contribution in [2.24, 2.45) is 0 Å². The summed E-state index contributed by atoms with van der Waals surface area (Å²) < 4.78 is 37.9. The number of carbonyl (C=O) groups is 1. The molecular weight excluding hydrogens is 472 g/mol. The maximum absolute atomic E-state index is 12.8. The van der Waals surface area contributed by atoms with Crippen LogP contribution in [0, 0.1) is 6.92 Å². The fourth-order valence-corrected chi connectivity index (χ4v) is 4.07. The molecule has 0 atom stereocenters. The number of aromatic amines is 1. The van der Waals surface area contributed by atoms with Crippen LogP contribution < -0.4 is 19.5 Å². The van der Waals surface area contributed by atoms with E-state index >= 15 is 0 Å². The van der Waals surface area contributed by atoms with Crippen molar-refractivity contribution in [1.82, 2.24) is 20.2 Å². The minimum atomic E-state index is -3.97. The predicted octanol–water partition coefficient (Wildman–Crippen LogP) is 3.25. The van der Waals surface area contributed by atoms with Crippen LogP contribution in [0.25, 0.3) is 11.3 Å². The lowest BCUT2D eigenvalue weighted by Gasteiger charge is -2.10. The molecule has 0 spiro atoms. The van der Waals surface area contributed by atoms with Crippen LogP contribution in [0.5, 0.6) is 11.9 Å². The van der Waals surface area contributed by atoms with Crippen molar-refractivity contribution in [3.8, 4) is 23.1 Å². The molecule has 2 aromatic heterocycles. The number of anilines is 2. The Hall–Kier alpha value is -4.45. The highest BCUT2D eigenvalue weighted by molar-refractivity contribution is 7.92. The van der Waals surface area contributed by atoms with E-state index in [9.17, 15) is 13.2 Å². The number of carbonyl (C=O) groups excluding carboxylic acids is 1. The maximum atomic E-state index is 12.8. The van der Waals surface area contributed by atoms with E-state index in [1.165, 1.54) is 44.6 Å². The number of methoxy groups -OCH3 is 2. The van der Waals surface area contributed by atoms with Crippen LogP contribution in [0.15, 0.2) is 65.6 Å². The summed E-state index contributed by atoms with van der Waals surface area (Å²) in [5, 5.41) is 9.62. The van der Waals surface area contributed by atoms with Gasteiger partial charge in [0.05, 0.1) is 24.8 Å². The second-order valence-corrected chi connectivity index (χ2v) is 9.08. The minimum Gasteiger partial charge on any atom is -0.481 e. The number of benzene rings is 2. The monoisotopic (exact) mass is 494 g/mol. The SMILES string of the molecule is COc1cc(NS(=O)(=O)c2ccc(NC(=O)c3cc(-c4ccc(C)cc4)n[nH]3)cc2)nc(OC)n1. The van der Waals surface area contributed by atoms with E-state index in [4.69, 9.17) is 9.47 Å². The molecule has 35 heavy (non-hydrogen) atoms. The first-order valence-electron chi connectivity index (χ1n) is 10.3. The fraction of sp³-hybridized carbons (Fsp3) is 0.130. The summed E-state index contributed by atoms with van der Waals surface area (Å²) in [4.78, 5) is 20.5. The van der Waals surface area contributed by atoms with Gasteiger partial charge in [0.2, 0.25) is 5.88 Å². The van der Waals surface area contributed by atoms with Crippen LogP contribution in [0.4, 0.5) is 11.5 Å². The molecule has 0 fully saturated rings. The molecule has 0 unspecified atom stereocenters. The van der Waals surface area contributed by atoms with Gasteiger partial charge in [-0.1, -0.05) is 29.8 Å². The Morgan fingerprint density at radius 1 is 0.943 bits per heavy atom. The number of sulfonamides is 1. The summed E-state index contributed by atoms with van der Waals surface area (Å²) in [6, 6.07) is 16.4. The third-order valence-electron chi connectivity index (χ3n) is 4.91. The van der Waals surface area contributed by atoms with Gasteiger partial charge < -0.3 is 14.8 Å². The number of amides is 1. The van der Waals surface area contributed by atoms with Gasteiger partial charge in [-0.2, -0.15) is 15.1 Å². The van der Waals surface area contributed by atoms with Crippen molar-refractivity contribution in [2.45, 2.75) is 11.8 Å². The topological polar surface area (TPSA) is 148 Å². The minimum absolute atomic E-state index is 0.0188. The van der Waals surface area contributed by atoms with Crippen LogP contribution in [0.3, 0.4) is 0 Å². The molecular formula is C23H22N6O5S. The zero-order valence-electron chi connectivity index (χ0n) is 19.1. The Morgan fingerprint density at radius 3 is 2.31 bits per heavy atom. The highest BCUT2D eigenvalue weighted by atomic mass is 32.2. The number of hydrogen-bond donors (Lipinski definition) is 3. The molecule has 180 valence electrons. The van der Waals surface area contributed by atoms with E-state index in [1.54, 1.807) is 6.07 Å². The summed E-state index contributed by atoms with van der Waals surface area (Å²) >= 11 is 0. The third kappa shape index (κ3) is 5.55. The standard InChI is InChI=1S/C23H22N6O5S/c1-14-4-6-15(7-5-14)18-12-19(28-27-18)22(30)24-16-8-10-17(11-9-16)35(31,32)29-20-13-21(33-2)26-23(25-20)34-3/h4-13H,1-3H3,(H,24,30)(H,27,28)(H,25,26,29). The van der Waals surface area contributed by atoms with Crippen LogP contribution in [0.1, 0.15) is 16.1 Å². The maximum Gasteiger partial charge on any atom is 0.321 e. The number of ether oxygens (including phenoxy) is 2. The van der Waals surface area contributed by atoms with Crippen molar-refractivity contribution >= 4 is 27.4 Å². The molecule has 2 heterocycles. The van der Waals surface area contributed by atoms with Crippen molar-refractivity contribution < 1.29 is 22.7 Å². The number of aromatic nitrogens is 4. The summed E-state index contributed by atoms with van der Waals surface area (Å²) in [6.45, 7) is 1.99. The summed E-state index contributed by atoms with van der Waals surface area (Å²) in [6.07, 6.45) is 0. The van der Waals surface area contributed by atoms with E-state index in [0.29, 0.717) is 11.4 Å². The summed E-state index contributed by atoms with van der Waals surface area (Å²) in [5.74, 6) is -0.295. The van der Waals surface area contributed by atoms with Crippen molar-refractivity contribution in [1.29, 1.82) is 0 Å². The Kier molecular flexibility index (Phi) is 6.64. The van der Waals surface area contributed by atoms with Crippen LogP contribution in [0.2, 0.25) is 0 Å². The van der Waals surface area contributed by atoms with Gasteiger partial charge in [0.1, 0.15) is 5.69 Å². The lowest BCUT2D eigenvalue weighted by atomic mass is 10.1. The number of aryl methyl sites for hydroxylation is 1. The Morgan fingerprint density at radius 2 is 1.66 bits per heavy atom. The predicted molar refractivity (Wildman–Crippen MR) is 129 cm³/mol. The summed E-state index contributed by atoms with van der Waals surface area (Å²) in [5.41, 5.74) is 3.32. The molecule has 0 aliphatic carbocycles. The lowest BCUT2D eigenvalue weighted by Crippen LogP contribution is -2.15. The molecule has 12 heteroatoms. The van der Waals surface area contributed by atoms with Gasteiger partial charge in [-0.05, 0) is 37.3 Å². The van der Waals surface area contributed by atoms with Crippen molar-refractivity contribution in [3.05, 3.63) is 71.9 Å². The number of hydrogen-bond acceptors (Lipinski definition) is 8. The van der Waals surface area contributed by atoms with Gasteiger partial charge in [0.15, 0.2) is 5.82 Å². The van der Waals surface area contributed by atoms with Gasteiger partial charge in [-0.25, -0.2) is 8.42 Å². The third-order valence-corrected chi connectivity index (χ3v) is 6.28. The number of nitrogens with zero attached hydrogens (tertiary/aromatic N) is 3. The van der Waals surface area contributed by atoms with Crippen LogP contribution in [-0.2, 0) is 10.0 Å². The Balaban J connectivity index is 1.45. The highest BCUT2D eigenvalue weighted by Gasteiger charge is 2.18. The first-order chi connectivity index (χ1) is 16.8. The molecule has 0 bridgehead atoms. The van der Waals surface area contributed by atoms with E-state index in [2.05, 4.69) is 30.2 Å². The van der Waals surface area contributed by atoms with Gasteiger partial charge >= 0.3 is 6.01 Å². The highest BCUT2D eigenvalue weighted by Crippen LogP contribution is 2.22. The van der Waals surface area contributed by atoms with Gasteiger partial charge in [0, 0.05) is 17.3 Å². The second kappa shape index (κ2) is 9.81. The fourth-order valence-electron chi connectivity index (χ4n) is 3.07. The average Bonchev–Trinajstić information content (AvgIpc) is 3.35. The molecule has 0 saturated heterocycles. The van der Waals surface area contributed by atoms with E-state index in [0.717, 1.165) is 11.1 Å². The van der Waals surface area contributed by atoms with Crippen LogP contribution >= 0.6 is 0 Å². The van der Waals surface area contributed by atoms with Crippen molar-refractivity contribution in [3.63, 3.8) is 0 Å². The lowest BCUT2D eigenvalue weighted by molar-refractivity contribution is 0.102. The molecule has 0 aliphatic rings. The second-order valence-electron chi connectivity index (χ2n) is 7.40. The number of H-pyrrole nitrogens is 1. The normalized spacial score (nSPS) is 11.1. The molecule has 4 aromatic rings. The van der Waals surface area contributed by atoms with E-state index < -0.39 is 15.9 Å². The van der Waals surface area contributed by atoms with E-state index in [1.807, 2.05) is 31.2 Å². The quantitative estimate of drug-likeness (QED) is 0.338. The zero-order valence-corrected chi connectivity index (χ0v) is 19.9. The van der Waals surface area contributed by atoms with Gasteiger partial charge in [-0.15, -0.1) is 0 Å². The number of rotatable bonds is 8. The first-order valence-corrected chi connectivity index (χ1v) is 11.8. The molecule has 2 aromatic carbocycles. The largest absolute Gasteiger partial charge is 0.481 e. The Bertz CT molecular complexity index is 1430. The molecule has 0 aliphatic heterocycles. The molecule has 11 nitrogen and oxygen atoms in total. The molecule has 0 radical (unpaired) electrons. The van der Waals surface area contributed by atoms with Gasteiger partial charge in [0.25, 0.3) is 15.9 Å².